The van der Waals surface area contributed by atoms with Crippen molar-refractivity contribution < 1.29 is 0 Å². The van der Waals surface area contributed by atoms with Gasteiger partial charge in [0.2, 0.25) is 0 Å². The lowest BCUT2D eigenvalue weighted by Gasteiger charge is -2.07. The Kier molecular flexibility index (Phi) is 2.82. The van der Waals surface area contributed by atoms with Crippen molar-refractivity contribution in [2.24, 2.45) is 0 Å². The summed E-state index contributed by atoms with van der Waals surface area (Å²) in [6.07, 6.45) is 3.66. The zero-order valence-corrected chi connectivity index (χ0v) is 9.14. The normalized spacial score (nSPS) is 10.6. The minimum Gasteiger partial charge on any atom is -0.265 e. The van der Waals surface area contributed by atoms with Crippen LogP contribution in [0.25, 0.3) is 11.1 Å². The van der Waals surface area contributed by atoms with E-state index in [4.69, 9.17) is 0 Å². The van der Waals surface area contributed by atoms with Crippen LogP contribution in [0, 0.1) is 0 Å². The molecule has 0 aliphatic heterocycles. The third-order valence-corrected chi connectivity index (χ3v) is 2.57. The Morgan fingerprint density at radius 2 is 1.67 bits per heavy atom. The summed E-state index contributed by atoms with van der Waals surface area (Å²) in [4.78, 5) is 4.03. The molecule has 0 atom stereocenters. The fourth-order valence-electron chi connectivity index (χ4n) is 1.62. The molecule has 0 fully saturated rings. The molecule has 0 spiro atoms. The summed E-state index contributed by atoms with van der Waals surface area (Å²) in [6.45, 7) is 4.43. The average molecular weight is 197 g/mol. The molecule has 0 bridgehead atoms. The third-order valence-electron chi connectivity index (χ3n) is 2.57. The highest BCUT2D eigenvalue weighted by atomic mass is 14.6. The van der Waals surface area contributed by atoms with Gasteiger partial charge in [-0.05, 0) is 34.7 Å². The number of nitrogens with zero attached hydrogens (tertiary/aromatic N) is 1. The van der Waals surface area contributed by atoms with E-state index in [-0.39, 0.29) is 0 Å². The summed E-state index contributed by atoms with van der Waals surface area (Å²) in [6, 6.07) is 12.8. The quantitative estimate of drug-likeness (QED) is 0.712. The van der Waals surface area contributed by atoms with E-state index >= 15 is 0 Å². The van der Waals surface area contributed by atoms with Crippen molar-refractivity contribution >= 4 is 0 Å². The number of aromatic nitrogens is 1. The Morgan fingerprint density at radius 3 is 2.33 bits per heavy atom. The van der Waals surface area contributed by atoms with Crippen molar-refractivity contribution in [3.63, 3.8) is 0 Å². The minimum absolute atomic E-state index is 0.576. The van der Waals surface area contributed by atoms with Crippen molar-refractivity contribution in [3.05, 3.63) is 54.4 Å². The van der Waals surface area contributed by atoms with Gasteiger partial charge in [0, 0.05) is 12.4 Å². The van der Waals surface area contributed by atoms with Crippen LogP contribution in [0.3, 0.4) is 0 Å². The largest absolute Gasteiger partial charge is 0.265 e. The predicted molar refractivity (Wildman–Crippen MR) is 63.8 cm³/mol. The lowest BCUT2D eigenvalue weighted by atomic mass is 9.98. The van der Waals surface area contributed by atoms with E-state index in [1.807, 2.05) is 24.5 Å². The zero-order valence-electron chi connectivity index (χ0n) is 9.14. The van der Waals surface area contributed by atoms with Gasteiger partial charge in [0.05, 0.1) is 0 Å². The van der Waals surface area contributed by atoms with Crippen molar-refractivity contribution in [1.29, 1.82) is 0 Å². The molecule has 1 heteroatoms. The lowest BCUT2D eigenvalue weighted by Crippen LogP contribution is -1.87. The molecule has 1 heterocycles. The Hall–Kier alpha value is -1.63. The third kappa shape index (κ3) is 2.24. The fraction of sp³-hybridized carbons (Fsp3) is 0.214. The summed E-state index contributed by atoms with van der Waals surface area (Å²) in [7, 11) is 0. The van der Waals surface area contributed by atoms with Crippen LogP contribution in [0.15, 0.2) is 48.8 Å². The summed E-state index contributed by atoms with van der Waals surface area (Å²) in [5, 5.41) is 0. The molecule has 76 valence electrons. The number of hydrogen-bond acceptors (Lipinski definition) is 1. The molecule has 0 radical (unpaired) electrons. The van der Waals surface area contributed by atoms with Crippen LogP contribution in [0.1, 0.15) is 25.3 Å². The standard InChI is InChI=1S/C14H15N/c1-11(2)13-4-3-5-14(10-13)12-6-8-15-9-7-12/h3-11H,1-2H3. The summed E-state index contributed by atoms with van der Waals surface area (Å²) >= 11 is 0. The van der Waals surface area contributed by atoms with Gasteiger partial charge in [0.1, 0.15) is 0 Å². The van der Waals surface area contributed by atoms with Crippen LogP contribution >= 0.6 is 0 Å². The molecular weight excluding hydrogens is 182 g/mol. The molecular formula is C14H15N. The maximum Gasteiger partial charge on any atom is 0.0273 e. The molecule has 1 nitrogen and oxygen atoms in total. The molecule has 0 unspecified atom stereocenters. The smallest absolute Gasteiger partial charge is 0.0273 e. The highest BCUT2D eigenvalue weighted by Crippen LogP contribution is 2.23. The molecule has 0 aliphatic rings. The van der Waals surface area contributed by atoms with E-state index in [1.165, 1.54) is 16.7 Å². The first-order chi connectivity index (χ1) is 7.27. The summed E-state index contributed by atoms with van der Waals surface area (Å²) in [5.74, 6) is 0.576. The average Bonchev–Trinajstić information content (AvgIpc) is 2.30. The Labute approximate surface area is 90.8 Å². The van der Waals surface area contributed by atoms with Gasteiger partial charge >= 0.3 is 0 Å². The topological polar surface area (TPSA) is 12.9 Å². The Bertz CT molecular complexity index is 432. The second kappa shape index (κ2) is 4.26. The summed E-state index contributed by atoms with van der Waals surface area (Å²) in [5.41, 5.74) is 3.88. The summed E-state index contributed by atoms with van der Waals surface area (Å²) < 4.78 is 0. The molecule has 0 aliphatic carbocycles. The van der Waals surface area contributed by atoms with Gasteiger partial charge in [0.15, 0.2) is 0 Å². The maximum atomic E-state index is 4.03. The van der Waals surface area contributed by atoms with Crippen LogP contribution in [-0.4, -0.2) is 4.98 Å². The first-order valence-electron chi connectivity index (χ1n) is 5.28. The first-order valence-corrected chi connectivity index (χ1v) is 5.28. The number of rotatable bonds is 2. The maximum absolute atomic E-state index is 4.03. The van der Waals surface area contributed by atoms with E-state index in [2.05, 4.69) is 43.1 Å². The number of hydrogen-bond donors (Lipinski definition) is 0. The van der Waals surface area contributed by atoms with Gasteiger partial charge in [-0.25, -0.2) is 0 Å². The monoisotopic (exact) mass is 197 g/mol. The molecule has 1 aromatic heterocycles. The molecule has 2 rings (SSSR count). The lowest BCUT2D eigenvalue weighted by molar-refractivity contribution is 0.867. The highest BCUT2D eigenvalue weighted by Gasteiger charge is 2.01. The number of pyridine rings is 1. The fourth-order valence-corrected chi connectivity index (χ4v) is 1.62. The van der Waals surface area contributed by atoms with Crippen LogP contribution in [-0.2, 0) is 0 Å². The molecule has 0 saturated heterocycles. The van der Waals surface area contributed by atoms with Crippen molar-refractivity contribution in [2.75, 3.05) is 0 Å². The molecule has 15 heavy (non-hydrogen) atoms. The van der Waals surface area contributed by atoms with Crippen LogP contribution in [0.4, 0.5) is 0 Å². The zero-order chi connectivity index (χ0) is 10.7. The van der Waals surface area contributed by atoms with E-state index < -0.39 is 0 Å². The van der Waals surface area contributed by atoms with Gasteiger partial charge in [-0.3, -0.25) is 4.98 Å². The second-order valence-electron chi connectivity index (χ2n) is 4.02. The Morgan fingerprint density at radius 1 is 0.933 bits per heavy atom. The van der Waals surface area contributed by atoms with Crippen molar-refractivity contribution in [2.45, 2.75) is 19.8 Å². The van der Waals surface area contributed by atoms with Gasteiger partial charge in [-0.1, -0.05) is 38.1 Å². The van der Waals surface area contributed by atoms with Gasteiger partial charge in [-0.2, -0.15) is 0 Å². The molecule has 0 saturated carbocycles. The van der Waals surface area contributed by atoms with E-state index in [1.54, 1.807) is 0 Å². The molecule has 2 aromatic rings. The Balaban J connectivity index is 2.42. The van der Waals surface area contributed by atoms with Crippen LogP contribution in [0.5, 0.6) is 0 Å². The predicted octanol–water partition coefficient (Wildman–Crippen LogP) is 3.87. The SMILES string of the molecule is CC(C)c1cccc(-c2ccncc2)c1. The number of benzene rings is 1. The van der Waals surface area contributed by atoms with E-state index in [0.717, 1.165) is 0 Å². The highest BCUT2D eigenvalue weighted by molar-refractivity contribution is 5.63. The van der Waals surface area contributed by atoms with Gasteiger partial charge in [-0.15, -0.1) is 0 Å². The second-order valence-corrected chi connectivity index (χ2v) is 4.02. The van der Waals surface area contributed by atoms with Crippen LogP contribution < -0.4 is 0 Å². The first kappa shape index (κ1) is 9.91. The minimum atomic E-state index is 0.576. The molecule has 0 N–H and O–H groups in total. The van der Waals surface area contributed by atoms with E-state index in [9.17, 15) is 0 Å². The van der Waals surface area contributed by atoms with Crippen molar-refractivity contribution in [1.82, 2.24) is 4.98 Å². The molecule has 1 aromatic carbocycles. The molecule has 0 amide bonds. The van der Waals surface area contributed by atoms with Crippen molar-refractivity contribution in [3.8, 4) is 11.1 Å². The van der Waals surface area contributed by atoms with E-state index in [0.29, 0.717) is 5.92 Å². The van der Waals surface area contributed by atoms with Gasteiger partial charge < -0.3 is 0 Å². The van der Waals surface area contributed by atoms with Crippen LogP contribution in [0.2, 0.25) is 0 Å². The van der Waals surface area contributed by atoms with Gasteiger partial charge in [0.25, 0.3) is 0 Å².